The molecule has 1 aliphatic heterocycles. The van der Waals surface area contributed by atoms with Crippen molar-refractivity contribution in [2.45, 2.75) is 23.4 Å². The summed E-state index contributed by atoms with van der Waals surface area (Å²) in [5, 5.41) is 2.82. The number of fused-ring (bicyclic) bond motifs is 1. The highest BCUT2D eigenvalue weighted by atomic mass is 32.2. The molecule has 0 atom stereocenters. The summed E-state index contributed by atoms with van der Waals surface area (Å²) in [6.45, 7) is 1.96. The van der Waals surface area contributed by atoms with E-state index in [4.69, 9.17) is 0 Å². The van der Waals surface area contributed by atoms with Crippen LogP contribution < -0.4 is 10.9 Å². The number of rotatable bonds is 5. The van der Waals surface area contributed by atoms with Crippen LogP contribution in [0, 0.1) is 18.6 Å². The van der Waals surface area contributed by atoms with Gasteiger partial charge in [-0.1, -0.05) is 29.5 Å². The molecule has 2 aromatic carbocycles. The van der Waals surface area contributed by atoms with E-state index in [0.717, 1.165) is 34.8 Å². The lowest BCUT2D eigenvalue weighted by Crippen LogP contribution is -2.24. The van der Waals surface area contributed by atoms with Gasteiger partial charge in [0.25, 0.3) is 5.56 Å². The van der Waals surface area contributed by atoms with Crippen LogP contribution in [0.1, 0.15) is 11.3 Å². The Morgan fingerprint density at radius 1 is 1.23 bits per heavy atom. The SMILES string of the molecule is Cc1ccc(-n2c(SCC(=O)Nc3ccc(F)cc3F)nc3c(c2=O)SCC3)cc1. The minimum atomic E-state index is -0.849. The van der Waals surface area contributed by atoms with Gasteiger partial charge >= 0.3 is 0 Å². The molecule has 4 rings (SSSR count). The zero-order valence-corrected chi connectivity index (χ0v) is 17.6. The summed E-state index contributed by atoms with van der Waals surface area (Å²) in [5.74, 6) is -1.34. The van der Waals surface area contributed by atoms with E-state index in [9.17, 15) is 18.4 Å². The lowest BCUT2D eigenvalue weighted by atomic mass is 10.2. The topological polar surface area (TPSA) is 64.0 Å². The second kappa shape index (κ2) is 8.61. The van der Waals surface area contributed by atoms with E-state index in [0.29, 0.717) is 28.2 Å². The van der Waals surface area contributed by atoms with E-state index in [1.165, 1.54) is 22.4 Å². The van der Waals surface area contributed by atoms with Gasteiger partial charge in [0.1, 0.15) is 11.6 Å². The Morgan fingerprint density at radius 3 is 2.73 bits per heavy atom. The third-order valence-electron chi connectivity index (χ3n) is 4.50. The Hall–Kier alpha value is -2.65. The first-order valence-corrected chi connectivity index (χ1v) is 11.1. The molecule has 0 aliphatic carbocycles. The van der Waals surface area contributed by atoms with Crippen LogP contribution in [0.4, 0.5) is 14.5 Å². The van der Waals surface area contributed by atoms with Crippen LogP contribution in [0.3, 0.4) is 0 Å². The monoisotopic (exact) mass is 445 g/mol. The summed E-state index contributed by atoms with van der Waals surface area (Å²) in [6, 6.07) is 10.4. The van der Waals surface area contributed by atoms with Gasteiger partial charge in [-0.2, -0.15) is 0 Å². The largest absolute Gasteiger partial charge is 0.323 e. The van der Waals surface area contributed by atoms with Crippen molar-refractivity contribution in [3.05, 3.63) is 75.7 Å². The molecular formula is C21H17F2N3O2S2. The predicted octanol–water partition coefficient (Wildman–Crippen LogP) is 4.20. The quantitative estimate of drug-likeness (QED) is 0.471. The molecule has 0 spiro atoms. The molecule has 1 aromatic heterocycles. The number of carbonyl (C=O) groups excluding carboxylic acids is 1. The number of hydrogen-bond acceptors (Lipinski definition) is 5. The van der Waals surface area contributed by atoms with Crippen LogP contribution in [-0.4, -0.2) is 27.0 Å². The van der Waals surface area contributed by atoms with Crippen LogP contribution in [0.5, 0.6) is 0 Å². The van der Waals surface area contributed by atoms with Crippen molar-refractivity contribution in [2.75, 3.05) is 16.8 Å². The lowest BCUT2D eigenvalue weighted by molar-refractivity contribution is -0.113. The van der Waals surface area contributed by atoms with E-state index >= 15 is 0 Å². The molecule has 9 heteroatoms. The lowest BCUT2D eigenvalue weighted by Gasteiger charge is -2.14. The van der Waals surface area contributed by atoms with Crippen LogP contribution in [-0.2, 0) is 11.2 Å². The van der Waals surface area contributed by atoms with Crippen molar-refractivity contribution >= 4 is 35.1 Å². The summed E-state index contributed by atoms with van der Waals surface area (Å²) < 4.78 is 28.3. The van der Waals surface area contributed by atoms with Gasteiger partial charge in [-0.05, 0) is 31.2 Å². The molecule has 3 aromatic rings. The zero-order chi connectivity index (χ0) is 21.3. The van der Waals surface area contributed by atoms with Crippen LogP contribution in [0.15, 0.2) is 57.3 Å². The van der Waals surface area contributed by atoms with Gasteiger partial charge in [-0.3, -0.25) is 14.2 Å². The van der Waals surface area contributed by atoms with Crippen molar-refractivity contribution in [2.24, 2.45) is 0 Å². The number of thioether (sulfide) groups is 2. The first-order chi connectivity index (χ1) is 14.4. The Balaban J connectivity index is 1.60. The van der Waals surface area contributed by atoms with Gasteiger partial charge in [-0.25, -0.2) is 13.8 Å². The fourth-order valence-electron chi connectivity index (χ4n) is 3.02. The highest BCUT2D eigenvalue weighted by molar-refractivity contribution is 8.00. The predicted molar refractivity (Wildman–Crippen MR) is 115 cm³/mol. The van der Waals surface area contributed by atoms with Crippen molar-refractivity contribution in [1.82, 2.24) is 9.55 Å². The smallest absolute Gasteiger partial charge is 0.272 e. The average molecular weight is 446 g/mol. The summed E-state index contributed by atoms with van der Waals surface area (Å²) in [6.07, 6.45) is 0.699. The van der Waals surface area contributed by atoms with Gasteiger partial charge in [0.15, 0.2) is 5.16 Å². The molecule has 1 aliphatic rings. The van der Waals surface area contributed by atoms with Crippen LogP contribution >= 0.6 is 23.5 Å². The van der Waals surface area contributed by atoms with E-state index in [-0.39, 0.29) is 17.0 Å². The van der Waals surface area contributed by atoms with Crippen LogP contribution in [0.25, 0.3) is 5.69 Å². The minimum Gasteiger partial charge on any atom is -0.323 e. The van der Waals surface area contributed by atoms with Crippen molar-refractivity contribution in [3.63, 3.8) is 0 Å². The normalized spacial score (nSPS) is 12.6. The molecule has 0 unspecified atom stereocenters. The van der Waals surface area contributed by atoms with Gasteiger partial charge < -0.3 is 5.32 Å². The second-order valence-corrected chi connectivity index (χ2v) is 8.75. The molecule has 0 saturated heterocycles. The number of amides is 1. The molecule has 0 fully saturated rings. The Labute approximate surface area is 179 Å². The average Bonchev–Trinajstić information content (AvgIpc) is 3.19. The zero-order valence-electron chi connectivity index (χ0n) is 15.9. The second-order valence-electron chi connectivity index (χ2n) is 6.71. The molecule has 0 bridgehead atoms. The first-order valence-electron chi connectivity index (χ1n) is 9.16. The number of halogens is 2. The molecule has 0 saturated carbocycles. The van der Waals surface area contributed by atoms with Crippen molar-refractivity contribution in [1.29, 1.82) is 0 Å². The summed E-state index contributed by atoms with van der Waals surface area (Å²) in [4.78, 5) is 30.7. The maximum Gasteiger partial charge on any atom is 0.272 e. The third kappa shape index (κ3) is 4.27. The number of aromatic nitrogens is 2. The van der Waals surface area contributed by atoms with Gasteiger partial charge in [0, 0.05) is 18.2 Å². The molecule has 2 heterocycles. The number of carbonyl (C=O) groups is 1. The van der Waals surface area contributed by atoms with Gasteiger partial charge in [0.05, 0.1) is 27.7 Å². The van der Waals surface area contributed by atoms with Crippen molar-refractivity contribution < 1.29 is 13.6 Å². The standard InChI is InChI=1S/C21H17F2N3O2S2/c1-12-2-5-14(6-3-12)26-20(28)19-17(8-9-29-19)25-21(26)30-11-18(27)24-16-7-4-13(22)10-15(16)23/h2-7,10H,8-9,11H2,1H3,(H,24,27). The third-order valence-corrected chi connectivity index (χ3v) is 6.54. The maximum atomic E-state index is 13.8. The molecule has 154 valence electrons. The maximum absolute atomic E-state index is 13.8. The van der Waals surface area contributed by atoms with E-state index in [1.807, 2.05) is 31.2 Å². The Bertz CT molecular complexity index is 1180. The number of hydrogen-bond donors (Lipinski definition) is 1. The number of anilines is 1. The fourth-order valence-corrected chi connectivity index (χ4v) is 4.87. The first kappa shape index (κ1) is 20.6. The molecule has 30 heavy (non-hydrogen) atoms. The molecule has 1 N–H and O–H groups in total. The minimum absolute atomic E-state index is 0.0823. The van der Waals surface area contributed by atoms with E-state index in [1.54, 1.807) is 0 Å². The molecule has 5 nitrogen and oxygen atoms in total. The molecule has 0 radical (unpaired) electrons. The Kier molecular flexibility index (Phi) is 5.92. The van der Waals surface area contributed by atoms with Gasteiger partial charge in [0.2, 0.25) is 5.91 Å². The fraction of sp³-hybridized carbons (Fsp3) is 0.190. The summed E-state index contributed by atoms with van der Waals surface area (Å²) >= 11 is 2.58. The van der Waals surface area contributed by atoms with Crippen molar-refractivity contribution in [3.8, 4) is 5.69 Å². The molecular weight excluding hydrogens is 428 g/mol. The number of benzene rings is 2. The van der Waals surface area contributed by atoms with Crippen LogP contribution in [0.2, 0.25) is 0 Å². The molecule has 1 amide bonds. The highest BCUT2D eigenvalue weighted by Crippen LogP contribution is 2.30. The highest BCUT2D eigenvalue weighted by Gasteiger charge is 2.23. The number of nitrogens with zero attached hydrogens (tertiary/aromatic N) is 2. The summed E-state index contributed by atoms with van der Waals surface area (Å²) in [5.41, 5.74) is 2.21. The number of nitrogens with one attached hydrogen (secondary N) is 1. The van der Waals surface area contributed by atoms with Gasteiger partial charge in [-0.15, -0.1) is 11.8 Å². The Morgan fingerprint density at radius 2 is 2.00 bits per heavy atom. The van der Waals surface area contributed by atoms with E-state index < -0.39 is 17.5 Å². The van der Waals surface area contributed by atoms with E-state index in [2.05, 4.69) is 10.3 Å². The summed E-state index contributed by atoms with van der Waals surface area (Å²) in [7, 11) is 0. The number of aryl methyl sites for hydroxylation is 2.